The molecule has 2 atom stereocenters. The second kappa shape index (κ2) is 5.69. The number of hydrogen-bond acceptors (Lipinski definition) is 3. The lowest BCUT2D eigenvalue weighted by atomic mass is 9.93. The van der Waals surface area contributed by atoms with Crippen LogP contribution in [0.15, 0.2) is 16.7 Å². The lowest BCUT2D eigenvalue weighted by Crippen LogP contribution is -2.31. The van der Waals surface area contributed by atoms with Gasteiger partial charge in [-0.05, 0) is 36.8 Å². The van der Waals surface area contributed by atoms with Gasteiger partial charge in [-0.25, -0.2) is 0 Å². The number of nitrogens with one attached hydrogen (secondary N) is 1. The van der Waals surface area contributed by atoms with Crippen LogP contribution in [0.4, 0.5) is 0 Å². The van der Waals surface area contributed by atoms with Crippen molar-refractivity contribution < 1.29 is 9.15 Å². The molecule has 0 aliphatic carbocycles. The van der Waals surface area contributed by atoms with Crippen LogP contribution in [0.3, 0.4) is 0 Å². The van der Waals surface area contributed by atoms with Crippen molar-refractivity contribution in [3.63, 3.8) is 0 Å². The van der Waals surface area contributed by atoms with Crippen molar-refractivity contribution in [2.75, 3.05) is 13.2 Å². The van der Waals surface area contributed by atoms with Crippen LogP contribution in [-0.2, 0) is 11.3 Å². The van der Waals surface area contributed by atoms with E-state index < -0.39 is 0 Å². The smallest absolute Gasteiger partial charge is 0.120 e. The molecule has 0 saturated carbocycles. The number of ether oxygens (including phenoxy) is 1. The molecule has 0 amide bonds. The standard InChI is InChI=1S/C14H23NO2/c1-10(2)14-12(5-7-17-14)8-15-9-13-11(3)4-6-16-13/h4,6,10,12,14-15H,5,7-9H2,1-3H3/t12-,14-/m1/s1. The summed E-state index contributed by atoms with van der Waals surface area (Å²) >= 11 is 0. The van der Waals surface area contributed by atoms with Crippen LogP contribution >= 0.6 is 0 Å². The molecule has 1 fully saturated rings. The van der Waals surface area contributed by atoms with E-state index in [0.717, 1.165) is 25.5 Å². The summed E-state index contributed by atoms with van der Waals surface area (Å²) in [6.45, 7) is 9.30. The molecule has 1 N–H and O–H groups in total. The highest BCUT2D eigenvalue weighted by atomic mass is 16.5. The van der Waals surface area contributed by atoms with E-state index in [9.17, 15) is 0 Å². The molecular formula is C14H23NO2. The Bertz CT molecular complexity index is 346. The molecule has 0 aromatic carbocycles. The number of hydrogen-bond donors (Lipinski definition) is 1. The second-order valence-electron chi connectivity index (χ2n) is 5.29. The van der Waals surface area contributed by atoms with Crippen molar-refractivity contribution in [1.29, 1.82) is 0 Å². The zero-order valence-corrected chi connectivity index (χ0v) is 11.0. The van der Waals surface area contributed by atoms with Crippen LogP contribution in [0, 0.1) is 18.8 Å². The maximum absolute atomic E-state index is 5.78. The van der Waals surface area contributed by atoms with Gasteiger partial charge in [-0.1, -0.05) is 13.8 Å². The molecule has 3 nitrogen and oxygen atoms in total. The Kier molecular flexibility index (Phi) is 4.24. The third-order valence-corrected chi connectivity index (χ3v) is 3.58. The molecule has 1 aliphatic rings. The average molecular weight is 237 g/mol. The molecule has 17 heavy (non-hydrogen) atoms. The summed E-state index contributed by atoms with van der Waals surface area (Å²) < 4.78 is 11.2. The molecule has 0 spiro atoms. The molecule has 0 radical (unpaired) electrons. The zero-order valence-electron chi connectivity index (χ0n) is 11.0. The first-order chi connectivity index (χ1) is 8.18. The average Bonchev–Trinajstić information content (AvgIpc) is 2.88. The third kappa shape index (κ3) is 3.11. The topological polar surface area (TPSA) is 34.4 Å². The fourth-order valence-corrected chi connectivity index (χ4v) is 2.57. The zero-order chi connectivity index (χ0) is 12.3. The maximum Gasteiger partial charge on any atom is 0.120 e. The molecule has 1 aromatic heterocycles. The van der Waals surface area contributed by atoms with E-state index in [1.165, 1.54) is 12.0 Å². The van der Waals surface area contributed by atoms with Gasteiger partial charge >= 0.3 is 0 Å². The Morgan fingerprint density at radius 3 is 2.94 bits per heavy atom. The lowest BCUT2D eigenvalue weighted by Gasteiger charge is -2.22. The Hall–Kier alpha value is -0.800. The van der Waals surface area contributed by atoms with E-state index in [4.69, 9.17) is 9.15 Å². The van der Waals surface area contributed by atoms with Crippen molar-refractivity contribution in [1.82, 2.24) is 5.32 Å². The number of furan rings is 1. The van der Waals surface area contributed by atoms with Gasteiger partial charge in [0.05, 0.1) is 18.9 Å². The van der Waals surface area contributed by atoms with Crippen molar-refractivity contribution >= 4 is 0 Å². The summed E-state index contributed by atoms with van der Waals surface area (Å²) in [6, 6.07) is 2.01. The minimum atomic E-state index is 0.417. The van der Waals surface area contributed by atoms with E-state index in [1.807, 2.05) is 6.07 Å². The van der Waals surface area contributed by atoms with Crippen LogP contribution in [-0.4, -0.2) is 19.3 Å². The van der Waals surface area contributed by atoms with Gasteiger partial charge in [0.2, 0.25) is 0 Å². The molecule has 0 bridgehead atoms. The first-order valence-corrected chi connectivity index (χ1v) is 6.53. The number of rotatable bonds is 5. The predicted molar refractivity (Wildman–Crippen MR) is 67.8 cm³/mol. The SMILES string of the molecule is Cc1ccoc1CNC[C@H]1CCO[C@@H]1C(C)C. The highest BCUT2D eigenvalue weighted by Crippen LogP contribution is 2.26. The normalized spacial score (nSPS) is 24.7. The van der Waals surface area contributed by atoms with Crippen molar-refractivity contribution in [3.05, 3.63) is 23.7 Å². The molecule has 1 aliphatic heterocycles. The monoisotopic (exact) mass is 237 g/mol. The summed E-state index contributed by atoms with van der Waals surface area (Å²) in [4.78, 5) is 0. The fourth-order valence-electron chi connectivity index (χ4n) is 2.57. The summed E-state index contributed by atoms with van der Waals surface area (Å²) in [6.07, 6.45) is 3.34. The molecule has 96 valence electrons. The quantitative estimate of drug-likeness (QED) is 0.855. The highest BCUT2D eigenvalue weighted by molar-refractivity contribution is 5.14. The Labute approximate surface area is 104 Å². The van der Waals surface area contributed by atoms with Crippen LogP contribution in [0.1, 0.15) is 31.6 Å². The minimum absolute atomic E-state index is 0.417. The summed E-state index contributed by atoms with van der Waals surface area (Å²) in [5.41, 5.74) is 1.22. The predicted octanol–water partition coefficient (Wildman–Crippen LogP) is 2.74. The summed E-state index contributed by atoms with van der Waals surface area (Å²) in [7, 11) is 0. The Morgan fingerprint density at radius 2 is 2.29 bits per heavy atom. The van der Waals surface area contributed by atoms with Crippen LogP contribution < -0.4 is 5.32 Å². The maximum atomic E-state index is 5.78. The molecule has 0 unspecified atom stereocenters. The van der Waals surface area contributed by atoms with Gasteiger partial charge in [-0.3, -0.25) is 0 Å². The summed E-state index contributed by atoms with van der Waals surface area (Å²) in [5.74, 6) is 2.30. The van der Waals surface area contributed by atoms with Gasteiger partial charge in [0.15, 0.2) is 0 Å². The molecule has 2 heterocycles. The fraction of sp³-hybridized carbons (Fsp3) is 0.714. The van der Waals surface area contributed by atoms with Gasteiger partial charge in [-0.15, -0.1) is 0 Å². The second-order valence-corrected chi connectivity index (χ2v) is 5.29. The van der Waals surface area contributed by atoms with Gasteiger partial charge in [0.1, 0.15) is 5.76 Å². The molecule has 3 heteroatoms. The molecule has 1 aromatic rings. The largest absolute Gasteiger partial charge is 0.468 e. The van der Waals surface area contributed by atoms with Crippen molar-refractivity contribution in [3.8, 4) is 0 Å². The van der Waals surface area contributed by atoms with Gasteiger partial charge in [-0.2, -0.15) is 0 Å². The Morgan fingerprint density at radius 1 is 1.47 bits per heavy atom. The van der Waals surface area contributed by atoms with E-state index in [2.05, 4.69) is 26.1 Å². The lowest BCUT2D eigenvalue weighted by molar-refractivity contribution is 0.0538. The van der Waals surface area contributed by atoms with E-state index in [0.29, 0.717) is 17.9 Å². The van der Waals surface area contributed by atoms with Crippen LogP contribution in [0.2, 0.25) is 0 Å². The van der Waals surface area contributed by atoms with Crippen LogP contribution in [0.25, 0.3) is 0 Å². The first kappa shape index (κ1) is 12.7. The molecular weight excluding hydrogens is 214 g/mol. The first-order valence-electron chi connectivity index (χ1n) is 6.53. The third-order valence-electron chi connectivity index (χ3n) is 3.58. The van der Waals surface area contributed by atoms with E-state index in [1.54, 1.807) is 6.26 Å². The van der Waals surface area contributed by atoms with E-state index >= 15 is 0 Å². The molecule has 1 saturated heterocycles. The Balaban J connectivity index is 1.77. The highest BCUT2D eigenvalue weighted by Gasteiger charge is 2.30. The number of aryl methyl sites for hydroxylation is 1. The van der Waals surface area contributed by atoms with Gasteiger partial charge < -0.3 is 14.5 Å². The minimum Gasteiger partial charge on any atom is -0.468 e. The summed E-state index contributed by atoms with van der Waals surface area (Å²) in [5, 5.41) is 3.48. The van der Waals surface area contributed by atoms with E-state index in [-0.39, 0.29) is 0 Å². The van der Waals surface area contributed by atoms with Gasteiger partial charge in [0, 0.05) is 13.2 Å². The van der Waals surface area contributed by atoms with Gasteiger partial charge in [0.25, 0.3) is 0 Å². The molecule has 2 rings (SSSR count). The van der Waals surface area contributed by atoms with Crippen LogP contribution in [0.5, 0.6) is 0 Å². The van der Waals surface area contributed by atoms with Crippen molar-refractivity contribution in [2.24, 2.45) is 11.8 Å². The van der Waals surface area contributed by atoms with Crippen molar-refractivity contribution in [2.45, 2.75) is 39.8 Å².